The van der Waals surface area contributed by atoms with Crippen molar-refractivity contribution in [1.29, 1.82) is 0 Å². The Kier molecular flexibility index (Phi) is 8.07. The van der Waals surface area contributed by atoms with Gasteiger partial charge in [-0.25, -0.2) is 9.18 Å². The molecule has 1 spiro atoms. The summed E-state index contributed by atoms with van der Waals surface area (Å²) in [6.07, 6.45) is -4.51. The minimum Gasteiger partial charge on any atom is -0.475 e. The number of carbonyl (C=O) groups excluding carboxylic acids is 1. The Morgan fingerprint density at radius 2 is 1.98 bits per heavy atom. The first kappa shape index (κ1) is 28.4. The molecule has 2 unspecified atom stereocenters. The van der Waals surface area contributed by atoms with Gasteiger partial charge in [0.15, 0.2) is 0 Å². The Labute approximate surface area is 229 Å². The number of likely N-dealkylation sites (tertiary alicyclic amines) is 1. The van der Waals surface area contributed by atoms with Gasteiger partial charge in [-0.2, -0.15) is 18.2 Å². The third kappa shape index (κ3) is 5.81. The number of rotatable bonds is 6. The molecular formula is C27H32F4N4O5. The molecule has 2 aromatic rings. The first-order valence-electron chi connectivity index (χ1n) is 13.3. The van der Waals surface area contributed by atoms with Gasteiger partial charge in [-0.15, -0.1) is 0 Å². The molecule has 2 atom stereocenters. The zero-order valence-electron chi connectivity index (χ0n) is 22.1. The van der Waals surface area contributed by atoms with Crippen LogP contribution in [0, 0.1) is 18.7 Å². The number of pyridine rings is 1. The zero-order valence-corrected chi connectivity index (χ0v) is 22.1. The van der Waals surface area contributed by atoms with Crippen LogP contribution in [0.4, 0.5) is 33.9 Å². The zero-order chi connectivity index (χ0) is 28.5. The molecule has 3 fully saturated rings. The minimum atomic E-state index is -4.43. The predicted octanol–water partition coefficient (Wildman–Crippen LogP) is 3.98. The van der Waals surface area contributed by atoms with E-state index in [-0.39, 0.29) is 57.3 Å². The predicted molar refractivity (Wildman–Crippen MR) is 138 cm³/mol. The molecule has 2 amide bonds. The number of aliphatic hydroxyl groups is 1. The molecule has 4 heterocycles. The molecule has 2 N–H and O–H groups in total. The molecule has 0 bridgehead atoms. The van der Waals surface area contributed by atoms with Crippen LogP contribution in [0.1, 0.15) is 18.4 Å². The molecule has 3 aliphatic heterocycles. The van der Waals surface area contributed by atoms with E-state index in [4.69, 9.17) is 14.2 Å². The van der Waals surface area contributed by atoms with Crippen molar-refractivity contribution in [3.8, 4) is 17.0 Å². The summed E-state index contributed by atoms with van der Waals surface area (Å²) < 4.78 is 72.3. The summed E-state index contributed by atoms with van der Waals surface area (Å²) in [7, 11) is 0. The van der Waals surface area contributed by atoms with Crippen molar-refractivity contribution < 1.29 is 41.7 Å². The number of carbonyl (C=O) groups is 1. The summed E-state index contributed by atoms with van der Waals surface area (Å²) >= 11 is 0. The molecule has 40 heavy (non-hydrogen) atoms. The highest BCUT2D eigenvalue weighted by atomic mass is 19.4. The van der Waals surface area contributed by atoms with Gasteiger partial charge in [0.05, 0.1) is 43.6 Å². The van der Waals surface area contributed by atoms with Crippen LogP contribution < -0.4 is 15.0 Å². The number of morpholine rings is 1. The van der Waals surface area contributed by atoms with E-state index in [0.29, 0.717) is 48.8 Å². The number of nitrogens with one attached hydrogen (secondary N) is 1. The SMILES string of the molecule is Cc1cc(F)c(NC(=O)N2CCC3(C2)OCCC3C(F)(F)F)cc1-c1cc(OCCO)nc(N2CCOCC2)c1. The van der Waals surface area contributed by atoms with Crippen LogP contribution in [0.15, 0.2) is 24.3 Å². The van der Waals surface area contributed by atoms with Gasteiger partial charge >= 0.3 is 12.2 Å². The second-order valence-electron chi connectivity index (χ2n) is 10.3. The number of hydrogen-bond donors (Lipinski definition) is 2. The van der Waals surface area contributed by atoms with Gasteiger partial charge in [0, 0.05) is 32.3 Å². The lowest BCUT2D eigenvalue weighted by atomic mass is 9.86. The first-order valence-corrected chi connectivity index (χ1v) is 13.3. The molecule has 0 radical (unpaired) electrons. The van der Waals surface area contributed by atoms with Crippen molar-refractivity contribution in [3.05, 3.63) is 35.6 Å². The number of nitrogens with zero attached hydrogens (tertiary/aromatic N) is 3. The van der Waals surface area contributed by atoms with E-state index in [1.165, 1.54) is 17.0 Å². The largest absolute Gasteiger partial charge is 0.475 e. The molecule has 0 aliphatic carbocycles. The molecule has 0 saturated carbocycles. The second-order valence-corrected chi connectivity index (χ2v) is 10.3. The average molecular weight is 569 g/mol. The maximum Gasteiger partial charge on any atom is 0.394 e. The molecule has 3 saturated heterocycles. The van der Waals surface area contributed by atoms with E-state index >= 15 is 4.39 Å². The van der Waals surface area contributed by atoms with Gasteiger partial charge in [0.2, 0.25) is 5.88 Å². The number of urea groups is 1. The van der Waals surface area contributed by atoms with Crippen LogP contribution >= 0.6 is 0 Å². The molecular weight excluding hydrogens is 536 g/mol. The minimum absolute atomic E-state index is 0.0159. The number of aryl methyl sites for hydroxylation is 1. The number of alkyl halides is 3. The van der Waals surface area contributed by atoms with E-state index in [9.17, 15) is 23.1 Å². The summed E-state index contributed by atoms with van der Waals surface area (Å²) in [5, 5.41) is 11.8. The smallest absolute Gasteiger partial charge is 0.394 e. The third-order valence-corrected chi connectivity index (χ3v) is 7.71. The number of hydrogen-bond acceptors (Lipinski definition) is 7. The number of amides is 2. The van der Waals surface area contributed by atoms with Crippen molar-refractivity contribution in [2.45, 2.75) is 31.5 Å². The van der Waals surface area contributed by atoms with Crippen LogP contribution in [0.3, 0.4) is 0 Å². The van der Waals surface area contributed by atoms with Gasteiger partial charge in [-0.3, -0.25) is 0 Å². The molecule has 13 heteroatoms. The lowest BCUT2D eigenvalue weighted by Gasteiger charge is -2.31. The maximum atomic E-state index is 15.0. The van der Waals surface area contributed by atoms with E-state index in [1.54, 1.807) is 13.0 Å². The number of ether oxygens (including phenoxy) is 3. The fourth-order valence-corrected chi connectivity index (χ4v) is 5.69. The summed E-state index contributed by atoms with van der Waals surface area (Å²) in [6, 6.07) is 5.59. The normalized spacial score (nSPS) is 23.2. The molecule has 1 aromatic carbocycles. The number of anilines is 2. The summed E-state index contributed by atoms with van der Waals surface area (Å²) in [6.45, 7) is 3.72. The fourth-order valence-electron chi connectivity index (χ4n) is 5.69. The van der Waals surface area contributed by atoms with Gasteiger partial charge < -0.3 is 34.4 Å². The number of benzene rings is 1. The topological polar surface area (TPSA) is 96.4 Å². The lowest BCUT2D eigenvalue weighted by molar-refractivity contribution is -0.206. The quantitative estimate of drug-likeness (QED) is 0.509. The van der Waals surface area contributed by atoms with E-state index in [2.05, 4.69) is 10.3 Å². The Balaban J connectivity index is 1.39. The van der Waals surface area contributed by atoms with Crippen LogP contribution in [0.2, 0.25) is 0 Å². The van der Waals surface area contributed by atoms with Crippen molar-refractivity contribution in [3.63, 3.8) is 0 Å². The van der Waals surface area contributed by atoms with Crippen molar-refractivity contribution in [2.24, 2.45) is 5.92 Å². The van der Waals surface area contributed by atoms with E-state index < -0.39 is 29.5 Å². The van der Waals surface area contributed by atoms with E-state index in [0.717, 1.165) is 0 Å². The standard InChI is InChI=1S/C27H32F4N4O5/c1-17-12-20(28)21(32-25(37)35-4-3-26(16-35)22(2-8-40-26)27(29,30)31)15-19(17)18-13-23(34-5-9-38-10-6-34)33-24(14-18)39-11-7-36/h12-15,22,36H,2-11,16H2,1H3,(H,32,37). The summed E-state index contributed by atoms with van der Waals surface area (Å²) in [4.78, 5) is 20.9. The van der Waals surface area contributed by atoms with Gasteiger partial charge in [0.25, 0.3) is 0 Å². The molecule has 5 rings (SSSR count). The maximum absolute atomic E-state index is 15.0. The Hall–Kier alpha value is -3.16. The highest BCUT2D eigenvalue weighted by Crippen LogP contribution is 2.48. The fraction of sp³-hybridized carbons (Fsp3) is 0.556. The Morgan fingerprint density at radius 1 is 1.20 bits per heavy atom. The van der Waals surface area contributed by atoms with Gasteiger partial charge in [-0.1, -0.05) is 0 Å². The second kappa shape index (κ2) is 11.4. The van der Waals surface area contributed by atoms with Crippen molar-refractivity contribution >= 4 is 17.5 Å². The Bertz CT molecular complexity index is 1240. The number of aliphatic hydroxyl groups excluding tert-OH is 1. The molecule has 3 aliphatic rings. The van der Waals surface area contributed by atoms with Crippen LogP contribution in [-0.2, 0) is 9.47 Å². The average Bonchev–Trinajstić information content (AvgIpc) is 3.56. The first-order chi connectivity index (χ1) is 19.1. The Morgan fingerprint density at radius 3 is 2.70 bits per heavy atom. The summed E-state index contributed by atoms with van der Waals surface area (Å²) in [5.41, 5.74) is 0.287. The van der Waals surface area contributed by atoms with Gasteiger partial charge in [-0.05, 0) is 54.7 Å². The van der Waals surface area contributed by atoms with Crippen molar-refractivity contribution in [2.75, 3.05) is 69.4 Å². The monoisotopic (exact) mass is 568 g/mol. The molecule has 9 nitrogen and oxygen atoms in total. The van der Waals surface area contributed by atoms with Crippen LogP contribution in [0.5, 0.6) is 5.88 Å². The summed E-state index contributed by atoms with van der Waals surface area (Å²) in [5.74, 6) is -1.41. The lowest BCUT2D eigenvalue weighted by Crippen LogP contribution is -2.46. The third-order valence-electron chi connectivity index (χ3n) is 7.71. The van der Waals surface area contributed by atoms with Crippen LogP contribution in [0.25, 0.3) is 11.1 Å². The highest BCUT2D eigenvalue weighted by molar-refractivity contribution is 5.91. The van der Waals surface area contributed by atoms with Crippen molar-refractivity contribution in [1.82, 2.24) is 9.88 Å². The van der Waals surface area contributed by atoms with E-state index in [1.807, 2.05) is 11.0 Å². The molecule has 1 aromatic heterocycles. The van der Waals surface area contributed by atoms with Gasteiger partial charge in [0.1, 0.15) is 18.2 Å². The van der Waals surface area contributed by atoms with Crippen LogP contribution in [-0.4, -0.2) is 92.0 Å². The number of halogens is 4. The highest BCUT2D eigenvalue weighted by Gasteiger charge is 2.60. The number of aromatic nitrogens is 1. The molecule has 218 valence electrons.